The van der Waals surface area contributed by atoms with Crippen LogP contribution in [-0.2, 0) is 33.7 Å². The van der Waals surface area contributed by atoms with Gasteiger partial charge in [-0.05, 0) is 64.8 Å². The largest absolute Gasteiger partial charge is 0.466 e. The molecule has 10 heteroatoms. The van der Waals surface area contributed by atoms with E-state index < -0.39 is 0 Å². The number of benzene rings is 1. The fourth-order valence-electron chi connectivity index (χ4n) is 4.67. The maximum absolute atomic E-state index is 13.1. The average Bonchev–Trinajstić information content (AvgIpc) is 2.90. The van der Waals surface area contributed by atoms with Gasteiger partial charge in [0.05, 0.1) is 25.6 Å². The average molecular weight is 557 g/mol. The molecule has 0 bridgehead atoms. The number of nitrogens with zero attached hydrogens (tertiary/aromatic N) is 5. The van der Waals surface area contributed by atoms with E-state index in [4.69, 9.17) is 10.5 Å². The van der Waals surface area contributed by atoms with Crippen molar-refractivity contribution in [3.8, 4) is 0 Å². The number of hydrogen-bond acceptors (Lipinski definition) is 9. The van der Waals surface area contributed by atoms with Crippen molar-refractivity contribution in [1.29, 1.82) is 0 Å². The molecule has 1 atom stereocenters. The minimum Gasteiger partial charge on any atom is -0.466 e. The molecule has 0 aliphatic heterocycles. The number of ether oxygens (including phenoxy) is 1. The van der Waals surface area contributed by atoms with E-state index in [1.165, 1.54) is 5.06 Å². The molecule has 1 aromatic carbocycles. The second-order valence-electron chi connectivity index (χ2n) is 10.5. The molecule has 2 aromatic rings. The quantitative estimate of drug-likeness (QED) is 0.218. The summed E-state index contributed by atoms with van der Waals surface area (Å²) in [6.45, 7) is 9.50. The number of carbonyl (C=O) groups excluding carboxylic acids is 2. The summed E-state index contributed by atoms with van der Waals surface area (Å²) >= 11 is 0. The van der Waals surface area contributed by atoms with Crippen molar-refractivity contribution in [3.63, 3.8) is 0 Å². The minimum absolute atomic E-state index is 0.0282. The fourth-order valence-corrected chi connectivity index (χ4v) is 4.67. The molecular weight excluding hydrogens is 508 g/mol. The molecular formula is C30H48N6O4. The van der Waals surface area contributed by atoms with Gasteiger partial charge in [0, 0.05) is 24.3 Å². The first kappa shape index (κ1) is 33.0. The normalized spacial score (nSPS) is 11.9. The standard InChI is InChI=1S/C30H48N6O4/c1-7-10-12-25(8-2)36(39)29-26(22(4)32-30(31)33-29)13-11-18-35(27(37)21-34(5)6)20-24-16-14-23(15-17-24)19-28(38)40-9-3/h14-17,25,39H,7-13,18-21H2,1-6H3,(H2,31,32,33). The molecule has 1 heterocycles. The lowest BCUT2D eigenvalue weighted by molar-refractivity contribution is -0.142. The zero-order valence-electron chi connectivity index (χ0n) is 25.2. The molecule has 1 unspecified atom stereocenters. The van der Waals surface area contributed by atoms with E-state index in [0.717, 1.165) is 48.1 Å². The van der Waals surface area contributed by atoms with Crippen LogP contribution < -0.4 is 10.8 Å². The fraction of sp³-hybridized carbons (Fsp3) is 0.600. The Hall–Kier alpha value is -3.24. The molecule has 40 heavy (non-hydrogen) atoms. The van der Waals surface area contributed by atoms with Gasteiger partial charge >= 0.3 is 5.97 Å². The number of hydrogen-bond donors (Lipinski definition) is 2. The monoisotopic (exact) mass is 556 g/mol. The number of carbonyl (C=O) groups is 2. The van der Waals surface area contributed by atoms with Crippen molar-refractivity contribution in [2.75, 3.05) is 44.6 Å². The SMILES string of the molecule is CCCCC(CC)N(O)c1nc(N)nc(C)c1CCCN(Cc1ccc(CC(=O)OCC)cc1)C(=O)CN(C)C. The van der Waals surface area contributed by atoms with Crippen LogP contribution in [0.5, 0.6) is 0 Å². The summed E-state index contributed by atoms with van der Waals surface area (Å²) in [6, 6.07) is 7.65. The van der Waals surface area contributed by atoms with E-state index in [-0.39, 0.29) is 30.3 Å². The van der Waals surface area contributed by atoms with E-state index in [2.05, 4.69) is 23.8 Å². The van der Waals surface area contributed by atoms with E-state index in [0.29, 0.717) is 44.9 Å². The summed E-state index contributed by atoms with van der Waals surface area (Å²) < 4.78 is 5.03. The lowest BCUT2D eigenvalue weighted by Gasteiger charge is -2.29. The van der Waals surface area contributed by atoms with Crippen LogP contribution in [0, 0.1) is 6.92 Å². The van der Waals surface area contributed by atoms with Crippen molar-refractivity contribution in [2.24, 2.45) is 0 Å². The first-order valence-electron chi connectivity index (χ1n) is 14.4. The molecule has 3 N–H and O–H groups in total. The van der Waals surface area contributed by atoms with Gasteiger partial charge in [0.15, 0.2) is 5.82 Å². The third-order valence-electron chi connectivity index (χ3n) is 6.84. The molecule has 1 amide bonds. The number of rotatable bonds is 17. The minimum atomic E-state index is -0.253. The summed E-state index contributed by atoms with van der Waals surface area (Å²) in [5.41, 5.74) is 9.39. The van der Waals surface area contributed by atoms with Crippen LogP contribution in [0.25, 0.3) is 0 Å². The molecule has 0 radical (unpaired) electrons. The molecule has 2 rings (SSSR count). The van der Waals surface area contributed by atoms with Gasteiger partial charge in [0.25, 0.3) is 0 Å². The number of anilines is 2. The number of unbranched alkanes of at least 4 members (excludes halogenated alkanes) is 1. The van der Waals surface area contributed by atoms with Crippen molar-refractivity contribution in [1.82, 2.24) is 19.8 Å². The maximum Gasteiger partial charge on any atom is 0.310 e. The van der Waals surface area contributed by atoms with E-state index in [9.17, 15) is 14.8 Å². The number of nitrogen functional groups attached to an aromatic ring is 1. The Balaban J connectivity index is 2.17. The molecule has 0 saturated heterocycles. The van der Waals surface area contributed by atoms with Crippen LogP contribution in [0.2, 0.25) is 0 Å². The number of likely N-dealkylation sites (N-methyl/N-ethyl adjacent to an activating group) is 1. The molecule has 10 nitrogen and oxygen atoms in total. The first-order chi connectivity index (χ1) is 19.1. The predicted octanol–water partition coefficient (Wildman–Crippen LogP) is 4.16. The number of aryl methyl sites for hydroxylation is 1. The van der Waals surface area contributed by atoms with Crippen LogP contribution in [-0.4, -0.2) is 76.7 Å². The second kappa shape index (κ2) is 16.8. The van der Waals surface area contributed by atoms with Gasteiger partial charge in [-0.25, -0.2) is 10.0 Å². The highest BCUT2D eigenvalue weighted by molar-refractivity contribution is 5.78. The highest BCUT2D eigenvalue weighted by Crippen LogP contribution is 2.26. The molecule has 0 saturated carbocycles. The summed E-state index contributed by atoms with van der Waals surface area (Å²) in [7, 11) is 3.75. The number of esters is 1. The van der Waals surface area contributed by atoms with Crippen LogP contribution in [0.4, 0.5) is 11.8 Å². The molecule has 1 aromatic heterocycles. The summed E-state index contributed by atoms with van der Waals surface area (Å²) in [5, 5.41) is 12.4. The topological polar surface area (TPSA) is 125 Å². The third kappa shape index (κ3) is 10.4. The highest BCUT2D eigenvalue weighted by atomic mass is 16.5. The summed E-state index contributed by atoms with van der Waals surface area (Å²) in [6.07, 6.45) is 5.18. The van der Waals surface area contributed by atoms with Gasteiger partial charge in [-0.2, -0.15) is 4.98 Å². The maximum atomic E-state index is 13.1. The Morgan fingerprint density at radius 1 is 1.05 bits per heavy atom. The molecule has 0 aliphatic rings. The molecule has 0 aliphatic carbocycles. The van der Waals surface area contributed by atoms with Crippen LogP contribution in [0.3, 0.4) is 0 Å². The van der Waals surface area contributed by atoms with Crippen LogP contribution in [0.15, 0.2) is 24.3 Å². The number of aromatic nitrogens is 2. The van der Waals surface area contributed by atoms with Crippen molar-refractivity contribution in [3.05, 3.63) is 46.6 Å². The van der Waals surface area contributed by atoms with Crippen molar-refractivity contribution < 1.29 is 19.5 Å². The van der Waals surface area contributed by atoms with Gasteiger partial charge in [0.2, 0.25) is 11.9 Å². The summed E-state index contributed by atoms with van der Waals surface area (Å²) in [5.74, 6) is 0.364. The Bertz CT molecular complexity index is 1080. The smallest absolute Gasteiger partial charge is 0.310 e. The first-order valence-corrected chi connectivity index (χ1v) is 14.4. The summed E-state index contributed by atoms with van der Waals surface area (Å²) in [4.78, 5) is 37.4. The predicted molar refractivity (Wildman–Crippen MR) is 158 cm³/mol. The van der Waals surface area contributed by atoms with Gasteiger partial charge in [0.1, 0.15) is 0 Å². The highest BCUT2D eigenvalue weighted by Gasteiger charge is 2.23. The molecule has 0 spiro atoms. The number of amides is 1. The van der Waals surface area contributed by atoms with Gasteiger partial charge in [-0.3, -0.25) is 14.8 Å². The Kier molecular flexibility index (Phi) is 13.8. The van der Waals surface area contributed by atoms with Crippen molar-refractivity contribution >= 4 is 23.6 Å². The zero-order chi connectivity index (χ0) is 29.7. The van der Waals surface area contributed by atoms with Crippen molar-refractivity contribution in [2.45, 2.75) is 85.2 Å². The number of nitrogens with two attached hydrogens (primary N) is 1. The zero-order valence-corrected chi connectivity index (χ0v) is 25.2. The van der Waals surface area contributed by atoms with Crippen LogP contribution >= 0.6 is 0 Å². The molecule has 222 valence electrons. The van der Waals surface area contributed by atoms with Gasteiger partial charge in [-0.15, -0.1) is 0 Å². The second-order valence-corrected chi connectivity index (χ2v) is 10.5. The number of hydroxylamine groups is 1. The Labute approximate surface area is 239 Å². The Morgan fingerprint density at radius 3 is 2.33 bits per heavy atom. The molecule has 0 fully saturated rings. The van der Waals surface area contributed by atoms with Crippen LogP contribution in [0.1, 0.15) is 75.3 Å². The van der Waals surface area contributed by atoms with E-state index >= 15 is 0 Å². The lowest BCUT2D eigenvalue weighted by Crippen LogP contribution is -2.38. The Morgan fingerprint density at radius 2 is 1.73 bits per heavy atom. The third-order valence-corrected chi connectivity index (χ3v) is 6.84. The van der Waals surface area contributed by atoms with Gasteiger partial charge < -0.3 is 20.3 Å². The van der Waals surface area contributed by atoms with E-state index in [1.807, 2.05) is 55.1 Å². The van der Waals surface area contributed by atoms with Gasteiger partial charge in [-0.1, -0.05) is 51.0 Å². The van der Waals surface area contributed by atoms with E-state index in [1.54, 1.807) is 6.92 Å². The lowest BCUT2D eigenvalue weighted by atomic mass is 10.0.